The van der Waals surface area contributed by atoms with E-state index in [1.165, 1.54) is 22.9 Å². The van der Waals surface area contributed by atoms with Gasteiger partial charge in [0.05, 0.1) is 12.7 Å². The topological polar surface area (TPSA) is 73.0 Å². The van der Waals surface area contributed by atoms with Gasteiger partial charge in [0.2, 0.25) is 5.91 Å². The highest BCUT2D eigenvalue weighted by molar-refractivity contribution is 7.99. The van der Waals surface area contributed by atoms with Gasteiger partial charge in [-0.1, -0.05) is 0 Å². The van der Waals surface area contributed by atoms with Crippen LogP contribution in [0, 0.1) is 13.8 Å². The summed E-state index contributed by atoms with van der Waals surface area (Å²) in [6.45, 7) is 4.11. The highest BCUT2D eigenvalue weighted by atomic mass is 32.2. The van der Waals surface area contributed by atoms with Gasteiger partial charge in [-0.05, 0) is 73.1 Å². The molecule has 2 heterocycles. The lowest BCUT2D eigenvalue weighted by Crippen LogP contribution is -2.14. The SMILES string of the molecule is Cc1cc2occ(CC(=O)Nc3ccc(Sc4nncn4C)cc3)c2cc1C. The Morgan fingerprint density at radius 3 is 2.64 bits per heavy atom. The number of carbonyl (C=O) groups excluding carboxylic acids is 1. The summed E-state index contributed by atoms with van der Waals surface area (Å²) in [6, 6.07) is 11.8. The molecule has 1 N–H and O–H groups in total. The van der Waals surface area contributed by atoms with Gasteiger partial charge in [0.1, 0.15) is 11.9 Å². The van der Waals surface area contributed by atoms with E-state index in [0.717, 1.165) is 32.3 Å². The summed E-state index contributed by atoms with van der Waals surface area (Å²) in [7, 11) is 1.90. The molecule has 4 rings (SSSR count). The highest BCUT2D eigenvalue weighted by Crippen LogP contribution is 2.27. The standard InChI is InChI=1S/C21H20N4O2S/c1-13-8-18-15(11-27-19(18)9-14(13)2)10-20(26)23-16-4-6-17(7-5-16)28-21-24-22-12-25(21)3/h4-9,11-12H,10H2,1-3H3,(H,23,26). The number of fused-ring (bicyclic) bond motifs is 1. The average molecular weight is 392 g/mol. The molecule has 0 bridgehead atoms. The molecule has 4 aromatic rings. The Kier molecular flexibility index (Phi) is 4.92. The van der Waals surface area contributed by atoms with Gasteiger partial charge in [0, 0.05) is 28.6 Å². The molecule has 7 heteroatoms. The summed E-state index contributed by atoms with van der Waals surface area (Å²) < 4.78 is 7.48. The van der Waals surface area contributed by atoms with Crippen LogP contribution in [0.3, 0.4) is 0 Å². The van der Waals surface area contributed by atoms with Gasteiger partial charge in [0.15, 0.2) is 5.16 Å². The van der Waals surface area contributed by atoms with E-state index >= 15 is 0 Å². The van der Waals surface area contributed by atoms with Crippen LogP contribution in [0.1, 0.15) is 16.7 Å². The van der Waals surface area contributed by atoms with Crippen LogP contribution in [0.5, 0.6) is 0 Å². The molecule has 0 radical (unpaired) electrons. The number of amides is 1. The monoisotopic (exact) mass is 392 g/mol. The predicted octanol–water partition coefficient (Wildman–Crippen LogP) is 4.51. The molecule has 1 amide bonds. The molecule has 0 spiro atoms. The van der Waals surface area contributed by atoms with Gasteiger partial charge in [-0.15, -0.1) is 10.2 Å². The van der Waals surface area contributed by atoms with Crippen LogP contribution in [0.2, 0.25) is 0 Å². The second kappa shape index (κ2) is 7.52. The van der Waals surface area contributed by atoms with Gasteiger partial charge in [-0.2, -0.15) is 0 Å². The summed E-state index contributed by atoms with van der Waals surface area (Å²) >= 11 is 1.52. The number of nitrogens with one attached hydrogen (secondary N) is 1. The molecule has 0 unspecified atom stereocenters. The fourth-order valence-corrected chi connectivity index (χ4v) is 3.69. The Balaban J connectivity index is 1.42. The summed E-state index contributed by atoms with van der Waals surface area (Å²) in [6.07, 6.45) is 3.61. The van der Waals surface area contributed by atoms with Crippen molar-refractivity contribution in [2.24, 2.45) is 7.05 Å². The zero-order chi connectivity index (χ0) is 19.7. The third-order valence-corrected chi connectivity index (χ3v) is 5.70. The highest BCUT2D eigenvalue weighted by Gasteiger charge is 2.12. The molecule has 0 aliphatic heterocycles. The number of aryl methyl sites for hydroxylation is 3. The number of rotatable bonds is 5. The van der Waals surface area contributed by atoms with Crippen molar-refractivity contribution in [2.45, 2.75) is 30.3 Å². The van der Waals surface area contributed by atoms with Crippen molar-refractivity contribution in [3.8, 4) is 0 Å². The first-order valence-electron chi connectivity index (χ1n) is 8.88. The second-order valence-electron chi connectivity index (χ2n) is 6.77. The molecule has 0 atom stereocenters. The van der Waals surface area contributed by atoms with Crippen LogP contribution in [0.15, 0.2) is 63.5 Å². The van der Waals surface area contributed by atoms with Crippen molar-refractivity contribution in [3.63, 3.8) is 0 Å². The molecule has 2 aromatic heterocycles. The van der Waals surface area contributed by atoms with Crippen molar-refractivity contribution < 1.29 is 9.21 Å². The molecule has 0 fully saturated rings. The first kappa shape index (κ1) is 18.3. The summed E-state index contributed by atoms with van der Waals surface area (Å²) in [5.41, 5.74) is 4.83. The molecule has 0 saturated heterocycles. The number of benzene rings is 2. The zero-order valence-corrected chi connectivity index (χ0v) is 16.7. The minimum Gasteiger partial charge on any atom is -0.464 e. The van der Waals surface area contributed by atoms with Crippen LogP contribution in [-0.2, 0) is 18.3 Å². The molecule has 6 nitrogen and oxygen atoms in total. The van der Waals surface area contributed by atoms with Gasteiger partial charge in [-0.3, -0.25) is 4.79 Å². The van der Waals surface area contributed by atoms with Crippen molar-refractivity contribution in [1.29, 1.82) is 0 Å². The maximum absolute atomic E-state index is 12.5. The zero-order valence-electron chi connectivity index (χ0n) is 15.9. The second-order valence-corrected chi connectivity index (χ2v) is 7.81. The fourth-order valence-electron chi connectivity index (χ4n) is 2.93. The Bertz CT molecular complexity index is 1150. The number of anilines is 1. The molecule has 0 aliphatic carbocycles. The molecule has 0 aliphatic rings. The number of hydrogen-bond donors (Lipinski definition) is 1. The van der Waals surface area contributed by atoms with E-state index in [1.54, 1.807) is 12.6 Å². The maximum atomic E-state index is 12.5. The third kappa shape index (κ3) is 3.80. The first-order chi connectivity index (χ1) is 13.5. The summed E-state index contributed by atoms with van der Waals surface area (Å²) in [5, 5.41) is 12.7. The maximum Gasteiger partial charge on any atom is 0.228 e. The van der Waals surface area contributed by atoms with Crippen LogP contribution < -0.4 is 5.32 Å². The Morgan fingerprint density at radius 2 is 1.93 bits per heavy atom. The number of hydrogen-bond acceptors (Lipinski definition) is 5. The van der Waals surface area contributed by atoms with Crippen LogP contribution >= 0.6 is 11.8 Å². The van der Waals surface area contributed by atoms with Crippen LogP contribution in [0.4, 0.5) is 5.69 Å². The fraction of sp³-hybridized carbons (Fsp3) is 0.190. The minimum atomic E-state index is -0.0744. The van der Waals surface area contributed by atoms with Crippen molar-refractivity contribution >= 4 is 34.3 Å². The van der Waals surface area contributed by atoms with Gasteiger partial charge in [-0.25, -0.2) is 0 Å². The van der Waals surface area contributed by atoms with Crippen molar-refractivity contribution in [2.75, 3.05) is 5.32 Å². The lowest BCUT2D eigenvalue weighted by molar-refractivity contribution is -0.115. The summed E-state index contributed by atoms with van der Waals surface area (Å²) in [4.78, 5) is 13.5. The molecular weight excluding hydrogens is 372 g/mol. The average Bonchev–Trinajstić information content (AvgIpc) is 3.24. The molecule has 28 heavy (non-hydrogen) atoms. The number of furan rings is 1. The largest absolute Gasteiger partial charge is 0.464 e. The van der Waals surface area contributed by atoms with Gasteiger partial charge >= 0.3 is 0 Å². The number of nitrogens with zero attached hydrogens (tertiary/aromatic N) is 3. The first-order valence-corrected chi connectivity index (χ1v) is 9.70. The smallest absolute Gasteiger partial charge is 0.228 e. The van der Waals surface area contributed by atoms with E-state index < -0.39 is 0 Å². The van der Waals surface area contributed by atoms with E-state index in [0.29, 0.717) is 0 Å². The van der Waals surface area contributed by atoms with Crippen LogP contribution in [-0.4, -0.2) is 20.7 Å². The van der Waals surface area contributed by atoms with E-state index in [4.69, 9.17) is 4.42 Å². The van der Waals surface area contributed by atoms with E-state index in [2.05, 4.69) is 35.4 Å². The van der Waals surface area contributed by atoms with E-state index in [-0.39, 0.29) is 12.3 Å². The third-order valence-electron chi connectivity index (χ3n) is 4.64. The minimum absolute atomic E-state index is 0.0744. The number of carbonyl (C=O) groups is 1. The van der Waals surface area contributed by atoms with Crippen molar-refractivity contribution in [1.82, 2.24) is 14.8 Å². The Hall–Kier alpha value is -3.06. The number of aromatic nitrogens is 3. The lowest BCUT2D eigenvalue weighted by Gasteiger charge is -2.06. The predicted molar refractivity (Wildman–Crippen MR) is 110 cm³/mol. The normalized spacial score (nSPS) is 11.1. The van der Waals surface area contributed by atoms with E-state index in [9.17, 15) is 4.79 Å². The van der Waals surface area contributed by atoms with E-state index in [1.807, 2.05) is 41.9 Å². The quantitative estimate of drug-likeness (QED) is 0.541. The molecule has 142 valence electrons. The molecular formula is C21H20N4O2S. The Labute approximate surface area is 167 Å². The van der Waals surface area contributed by atoms with Crippen molar-refractivity contribution in [3.05, 3.63) is 65.7 Å². The molecule has 0 saturated carbocycles. The van der Waals surface area contributed by atoms with Gasteiger partial charge < -0.3 is 14.3 Å². The Morgan fingerprint density at radius 1 is 1.18 bits per heavy atom. The molecule has 2 aromatic carbocycles. The van der Waals surface area contributed by atoms with Gasteiger partial charge in [0.25, 0.3) is 0 Å². The van der Waals surface area contributed by atoms with Crippen LogP contribution in [0.25, 0.3) is 11.0 Å². The summed E-state index contributed by atoms with van der Waals surface area (Å²) in [5.74, 6) is -0.0744. The lowest BCUT2D eigenvalue weighted by atomic mass is 10.0.